The molecule has 0 saturated heterocycles. The summed E-state index contributed by atoms with van der Waals surface area (Å²) in [4.78, 5) is 53.2. The van der Waals surface area contributed by atoms with Crippen LogP contribution in [-0.2, 0) is 63.8 Å². The molecule has 0 atom stereocenters. The van der Waals surface area contributed by atoms with Gasteiger partial charge in [0.2, 0.25) is 0 Å². The minimum Gasteiger partial charge on any atom is -0.463 e. The Balaban J connectivity index is 1.05. The molecule has 0 N–H and O–H groups in total. The van der Waals surface area contributed by atoms with Gasteiger partial charge >= 0.3 is 23.9 Å². The summed E-state index contributed by atoms with van der Waals surface area (Å²) in [5, 5.41) is 7.24. The smallest absolute Gasteiger partial charge is 0.330 e. The van der Waals surface area contributed by atoms with Crippen molar-refractivity contribution in [3.63, 3.8) is 0 Å². The molecule has 8 aromatic rings. The van der Waals surface area contributed by atoms with Gasteiger partial charge in [0.15, 0.2) is 0 Å². The van der Waals surface area contributed by atoms with E-state index in [0.29, 0.717) is 26.4 Å². The molecule has 96 heavy (non-hydrogen) atoms. The van der Waals surface area contributed by atoms with Crippen LogP contribution in [0.4, 0.5) is 32.8 Å². The van der Waals surface area contributed by atoms with Gasteiger partial charge in [-0.3, -0.25) is 0 Å². The first kappa shape index (κ1) is 73.5. The number of benzene rings is 6. The molecule has 0 radical (unpaired) electrons. The number of rotatable bonds is 47. The van der Waals surface area contributed by atoms with Gasteiger partial charge in [-0.15, -0.1) is 22.7 Å². The molecular weight excluding hydrogens is 1230 g/mol. The fraction of sp³-hybridized carbons (Fsp3) is 0.381. The number of carbonyl (C=O) groups excluding carboxylic acids is 4. The molecule has 0 amide bonds. The Morgan fingerprint density at radius 2 is 0.490 bits per heavy atom. The fourth-order valence-electron chi connectivity index (χ4n) is 12.3. The van der Waals surface area contributed by atoms with Crippen LogP contribution in [0.1, 0.15) is 176 Å². The van der Waals surface area contributed by atoms with Gasteiger partial charge in [-0.25, -0.2) is 19.2 Å². The van der Waals surface area contributed by atoms with Crippen molar-refractivity contribution in [3.8, 4) is 9.75 Å². The number of thiophene rings is 2. The average Bonchev–Trinajstić information content (AvgIpc) is 1.60. The first-order chi connectivity index (χ1) is 47.2. The molecule has 2 aromatic heterocycles. The van der Waals surface area contributed by atoms with Crippen molar-refractivity contribution in [3.05, 3.63) is 218 Å². The Morgan fingerprint density at radius 1 is 0.281 bits per heavy atom. The minimum absolute atomic E-state index is 0.351. The Hall–Kier alpha value is -8.32. The molecule has 0 aliphatic carbocycles. The van der Waals surface area contributed by atoms with E-state index in [-0.39, 0.29) is 23.9 Å². The highest BCUT2D eigenvalue weighted by atomic mass is 32.1. The summed E-state index contributed by atoms with van der Waals surface area (Å²) in [5.74, 6) is -1.41. The van der Waals surface area contributed by atoms with Crippen molar-refractivity contribution in [1.29, 1.82) is 0 Å². The second kappa shape index (κ2) is 41.6. The number of anilines is 6. The number of unbranched alkanes of at least 4 members (excludes halogenated alkanes) is 20. The molecule has 0 fully saturated rings. The highest BCUT2D eigenvalue weighted by molar-refractivity contribution is 7.28. The van der Waals surface area contributed by atoms with Crippen LogP contribution >= 0.6 is 22.7 Å². The predicted molar refractivity (Wildman–Crippen MR) is 402 cm³/mol. The van der Waals surface area contributed by atoms with E-state index in [1.54, 1.807) is 0 Å². The quantitative estimate of drug-likeness (QED) is 0.0158. The van der Waals surface area contributed by atoms with E-state index in [9.17, 15) is 19.2 Å². The Bertz CT molecular complexity index is 3290. The average molecular weight is 1330 g/mol. The maximum absolute atomic E-state index is 11.4. The molecule has 506 valence electrons. The van der Waals surface area contributed by atoms with Gasteiger partial charge in [-0.05, 0) is 148 Å². The molecule has 0 aliphatic rings. The van der Waals surface area contributed by atoms with E-state index in [4.69, 9.17) is 18.9 Å². The zero-order valence-electron chi connectivity index (χ0n) is 56.6. The second-order valence-corrected chi connectivity index (χ2v) is 26.9. The number of fused-ring (bicyclic) bond motifs is 2. The lowest BCUT2D eigenvalue weighted by Crippen LogP contribution is -2.09. The summed E-state index contributed by atoms with van der Waals surface area (Å²) in [6.45, 7) is 15.8. The Labute approximate surface area is 579 Å². The van der Waals surface area contributed by atoms with Crippen molar-refractivity contribution in [2.75, 3.05) is 36.2 Å². The molecule has 0 unspecified atom stereocenters. The summed E-state index contributed by atoms with van der Waals surface area (Å²) in [6.07, 6.45) is 35.0. The first-order valence-electron chi connectivity index (χ1n) is 35.3. The lowest BCUT2D eigenvalue weighted by atomic mass is 10.0. The van der Waals surface area contributed by atoms with Crippen LogP contribution in [0.2, 0.25) is 0 Å². The van der Waals surface area contributed by atoms with E-state index in [1.807, 2.05) is 22.7 Å². The third-order valence-electron chi connectivity index (χ3n) is 17.7. The van der Waals surface area contributed by atoms with Crippen LogP contribution in [0.25, 0.3) is 31.3 Å². The fourth-order valence-corrected chi connectivity index (χ4v) is 15.1. The summed E-state index contributed by atoms with van der Waals surface area (Å²) >= 11 is 3.76. The molecule has 0 bridgehead atoms. The number of hydrogen-bond donors (Lipinski definition) is 0. The zero-order chi connectivity index (χ0) is 67.4. The van der Waals surface area contributed by atoms with Crippen molar-refractivity contribution in [1.82, 2.24) is 0 Å². The maximum atomic E-state index is 11.4. The molecular formula is C84H100N2O8S2. The predicted octanol–water partition coefficient (Wildman–Crippen LogP) is 23.2. The molecule has 12 heteroatoms. The third-order valence-corrected chi connectivity index (χ3v) is 20.3. The van der Waals surface area contributed by atoms with Gasteiger partial charge in [0.05, 0.1) is 36.2 Å². The Kier molecular flexibility index (Phi) is 31.8. The monoisotopic (exact) mass is 1330 g/mol. The van der Waals surface area contributed by atoms with Gasteiger partial charge < -0.3 is 28.7 Å². The van der Waals surface area contributed by atoms with Gasteiger partial charge in [0.25, 0.3) is 0 Å². The van der Waals surface area contributed by atoms with Gasteiger partial charge in [-0.2, -0.15) is 0 Å². The number of hydrogen-bond acceptors (Lipinski definition) is 12. The van der Waals surface area contributed by atoms with Crippen molar-refractivity contribution in [2.24, 2.45) is 0 Å². The largest absolute Gasteiger partial charge is 0.463 e. The topological polar surface area (TPSA) is 112 Å². The second-order valence-electron chi connectivity index (χ2n) is 24.9. The number of aryl methyl sites for hydroxylation is 4. The van der Waals surface area contributed by atoms with Crippen molar-refractivity contribution < 1.29 is 38.1 Å². The van der Waals surface area contributed by atoms with Crippen LogP contribution in [0.15, 0.2) is 196 Å². The minimum atomic E-state index is -0.351. The molecule has 0 saturated carbocycles. The SMILES string of the molecule is C=CC(=O)OCCCCCCCCc1ccc(N(c2ccc(CCCCCCCCOC(=O)C=C)cc2)c2sc(-c3sc(N(c4ccc(CCCCCCCCOC(=O)C=C)cc4)c4ccc(CCCCCCCCOC(=O)C=C)cc4)c4ccccc34)c3ccccc23)cc1. The number of carbonyl (C=O) groups is 4. The Morgan fingerprint density at radius 3 is 0.719 bits per heavy atom. The van der Waals surface area contributed by atoms with Gasteiger partial charge in [0.1, 0.15) is 10.0 Å². The molecule has 8 rings (SSSR count). The van der Waals surface area contributed by atoms with Gasteiger partial charge in [-0.1, -0.05) is 226 Å². The molecule has 0 spiro atoms. The highest BCUT2D eigenvalue weighted by Crippen LogP contribution is 2.55. The van der Waals surface area contributed by atoms with Crippen LogP contribution in [0.3, 0.4) is 0 Å². The molecule has 0 aliphatic heterocycles. The number of esters is 4. The van der Waals surface area contributed by atoms with Crippen molar-refractivity contribution >= 4 is 101 Å². The van der Waals surface area contributed by atoms with E-state index in [0.717, 1.165) is 203 Å². The van der Waals surface area contributed by atoms with Crippen LogP contribution in [-0.4, -0.2) is 50.3 Å². The zero-order valence-corrected chi connectivity index (χ0v) is 58.2. The summed E-state index contributed by atoms with van der Waals surface area (Å²) in [5.41, 5.74) is 9.83. The van der Waals surface area contributed by atoms with Crippen LogP contribution in [0, 0.1) is 0 Å². The number of ether oxygens (including phenoxy) is 4. The van der Waals surface area contributed by atoms with E-state index in [2.05, 4.69) is 182 Å². The lowest BCUT2D eigenvalue weighted by Gasteiger charge is -2.25. The molecule has 6 aromatic carbocycles. The summed E-state index contributed by atoms with van der Waals surface area (Å²) in [6, 6.07) is 55.0. The molecule has 10 nitrogen and oxygen atoms in total. The van der Waals surface area contributed by atoms with Crippen LogP contribution < -0.4 is 9.80 Å². The normalized spacial score (nSPS) is 11.1. The highest BCUT2D eigenvalue weighted by Gasteiger charge is 2.26. The van der Waals surface area contributed by atoms with E-state index < -0.39 is 0 Å². The first-order valence-corrected chi connectivity index (χ1v) is 37.0. The van der Waals surface area contributed by atoms with Gasteiger partial charge in [0, 0.05) is 68.6 Å². The van der Waals surface area contributed by atoms with E-state index >= 15 is 0 Å². The summed E-state index contributed by atoms with van der Waals surface area (Å²) < 4.78 is 20.7. The molecule has 2 heterocycles. The number of nitrogens with zero attached hydrogens (tertiary/aromatic N) is 2. The van der Waals surface area contributed by atoms with Crippen LogP contribution in [0.5, 0.6) is 0 Å². The van der Waals surface area contributed by atoms with Crippen molar-refractivity contribution in [2.45, 2.75) is 180 Å². The van der Waals surface area contributed by atoms with E-state index in [1.165, 1.54) is 87.9 Å². The standard InChI is InChI=1S/C84H100N2O8S2/c1-5-77(87)91-61-33-21-13-9-17-25-37-65-45-53-69(54-46-65)85(70-55-47-66(48-56-70)38-26-18-10-14-22-34-62-92-78(88)6-2)83-75-43-31-29-41-73(75)81(95-83)82-74-42-30-32-44-76(74)84(96-82)86(71-57-49-67(50-58-71)39-27-19-11-15-23-35-63-93-79(89)7-3)72-59-51-68(52-60-72)40-28-20-12-16-24-36-64-94-80(90)8-4/h5-8,29-32,41-60H,1-4,9-28,33-40,61-64H2. The maximum Gasteiger partial charge on any atom is 0.330 e. The third kappa shape index (κ3) is 23.5. The summed E-state index contributed by atoms with van der Waals surface area (Å²) in [7, 11) is 0. The lowest BCUT2D eigenvalue weighted by molar-refractivity contribution is -0.138.